The number of carbonyl (C=O) groups is 2. The minimum absolute atomic E-state index is 0.0582. The quantitative estimate of drug-likeness (QED) is 0.342. The number of benzene rings is 2. The van der Waals surface area contributed by atoms with Crippen LogP contribution in [0.4, 0.5) is 0 Å². The predicted molar refractivity (Wildman–Crippen MR) is 128 cm³/mol. The molecule has 0 radical (unpaired) electrons. The maximum absolute atomic E-state index is 11.6. The molecule has 0 fully saturated rings. The highest BCUT2D eigenvalue weighted by molar-refractivity contribution is 5.91. The van der Waals surface area contributed by atoms with E-state index < -0.39 is 11.9 Å². The Labute approximate surface area is 196 Å². The van der Waals surface area contributed by atoms with Crippen molar-refractivity contribution in [3.8, 4) is 11.5 Å². The molecule has 0 N–H and O–H groups in total. The van der Waals surface area contributed by atoms with Crippen molar-refractivity contribution in [2.75, 3.05) is 13.7 Å². The van der Waals surface area contributed by atoms with Crippen molar-refractivity contribution in [2.24, 2.45) is 0 Å². The molecule has 0 saturated carbocycles. The lowest BCUT2D eigenvalue weighted by Crippen LogP contribution is -2.21. The van der Waals surface area contributed by atoms with Crippen LogP contribution in [0.5, 0.6) is 11.5 Å². The Hall–Kier alpha value is -3.28. The minimum atomic E-state index is -0.631. The summed E-state index contributed by atoms with van der Waals surface area (Å²) < 4.78 is 21.2. The first-order valence-corrected chi connectivity index (χ1v) is 11.1. The lowest BCUT2D eigenvalue weighted by molar-refractivity contribution is -0.141. The van der Waals surface area contributed by atoms with Crippen LogP contribution in [0.25, 0.3) is 0 Å². The summed E-state index contributed by atoms with van der Waals surface area (Å²) in [5.41, 5.74) is 2.14. The maximum atomic E-state index is 11.6. The molecule has 6 nitrogen and oxygen atoms in total. The van der Waals surface area contributed by atoms with E-state index in [4.69, 9.17) is 14.2 Å². The van der Waals surface area contributed by atoms with Gasteiger partial charge < -0.3 is 18.9 Å². The molecule has 0 saturated heterocycles. The Bertz CT molecular complexity index is 928. The van der Waals surface area contributed by atoms with Gasteiger partial charge in [-0.2, -0.15) is 0 Å². The van der Waals surface area contributed by atoms with Gasteiger partial charge >= 0.3 is 11.9 Å². The fourth-order valence-corrected chi connectivity index (χ4v) is 3.10. The van der Waals surface area contributed by atoms with Gasteiger partial charge in [0.25, 0.3) is 0 Å². The second-order valence-corrected chi connectivity index (χ2v) is 8.43. The molecule has 2 rings (SSSR count). The number of rotatable bonds is 11. The molecule has 0 amide bonds. The molecular formula is C27H34O6. The molecule has 0 spiro atoms. The fourth-order valence-electron chi connectivity index (χ4n) is 3.10. The third-order valence-corrected chi connectivity index (χ3v) is 5.42. The maximum Gasteiger partial charge on any atom is 0.331 e. The molecule has 2 unspecified atom stereocenters. The van der Waals surface area contributed by atoms with Crippen LogP contribution in [0, 0.1) is 0 Å². The average Bonchev–Trinajstić information content (AvgIpc) is 2.81. The van der Waals surface area contributed by atoms with Gasteiger partial charge in [-0.05, 0) is 55.7 Å². The zero-order valence-electron chi connectivity index (χ0n) is 20.3. The summed E-state index contributed by atoms with van der Waals surface area (Å²) in [6.07, 6.45) is 2.85. The molecule has 2 atom stereocenters. The van der Waals surface area contributed by atoms with E-state index in [0.717, 1.165) is 29.9 Å². The van der Waals surface area contributed by atoms with Crippen molar-refractivity contribution in [3.05, 3.63) is 71.8 Å². The first-order valence-electron chi connectivity index (χ1n) is 11.1. The average molecular weight is 455 g/mol. The monoisotopic (exact) mass is 454 g/mol. The van der Waals surface area contributed by atoms with Crippen LogP contribution >= 0.6 is 0 Å². The smallest absolute Gasteiger partial charge is 0.331 e. The van der Waals surface area contributed by atoms with Gasteiger partial charge in [-0.25, -0.2) is 9.59 Å². The highest BCUT2D eigenvalue weighted by Crippen LogP contribution is 2.33. The Morgan fingerprint density at radius 2 is 1.27 bits per heavy atom. The van der Waals surface area contributed by atoms with Crippen molar-refractivity contribution in [3.63, 3.8) is 0 Å². The molecule has 2 aromatic rings. The third kappa shape index (κ3) is 7.97. The Balaban J connectivity index is 1.94. The van der Waals surface area contributed by atoms with E-state index in [-0.39, 0.29) is 24.2 Å². The Kier molecular flexibility index (Phi) is 9.52. The largest absolute Gasteiger partial charge is 0.491 e. The minimum Gasteiger partial charge on any atom is -0.491 e. The van der Waals surface area contributed by atoms with Crippen LogP contribution < -0.4 is 9.47 Å². The molecule has 2 aromatic carbocycles. The number of hydrogen-bond acceptors (Lipinski definition) is 6. The van der Waals surface area contributed by atoms with Crippen LogP contribution in [0.15, 0.2) is 60.7 Å². The summed E-state index contributed by atoms with van der Waals surface area (Å²) in [5, 5.41) is 0. The molecule has 178 valence electrons. The number of methoxy groups -OCH3 is 1. The Morgan fingerprint density at radius 1 is 0.818 bits per heavy atom. The van der Waals surface area contributed by atoms with E-state index >= 15 is 0 Å². The molecule has 0 bridgehead atoms. The highest BCUT2D eigenvalue weighted by atomic mass is 16.6. The fraction of sp³-hybridized carbons (Fsp3) is 0.407. The van der Waals surface area contributed by atoms with E-state index in [1.165, 1.54) is 12.7 Å². The van der Waals surface area contributed by atoms with Crippen LogP contribution in [0.1, 0.15) is 52.2 Å². The van der Waals surface area contributed by atoms with E-state index in [2.05, 4.69) is 44.6 Å². The van der Waals surface area contributed by atoms with Crippen LogP contribution in [-0.4, -0.2) is 37.9 Å². The van der Waals surface area contributed by atoms with E-state index in [9.17, 15) is 9.59 Å². The summed E-state index contributed by atoms with van der Waals surface area (Å²) in [4.78, 5) is 22.6. The van der Waals surface area contributed by atoms with Crippen LogP contribution in [-0.2, 0) is 24.5 Å². The van der Waals surface area contributed by atoms with Crippen LogP contribution in [0.3, 0.4) is 0 Å². The van der Waals surface area contributed by atoms with Gasteiger partial charge in [0.1, 0.15) is 24.2 Å². The highest BCUT2D eigenvalue weighted by Gasteiger charge is 2.23. The van der Waals surface area contributed by atoms with Gasteiger partial charge in [-0.15, -0.1) is 0 Å². The molecular weight excluding hydrogens is 420 g/mol. The van der Waals surface area contributed by atoms with E-state index in [0.29, 0.717) is 5.75 Å². The van der Waals surface area contributed by atoms with Gasteiger partial charge in [-0.1, -0.05) is 45.0 Å². The van der Waals surface area contributed by atoms with Crippen molar-refractivity contribution in [1.29, 1.82) is 0 Å². The SMILES string of the molecule is CCC(C)Oc1ccc(C(C)(C)c2ccc(OC(C)COC(=O)/C=C/C(=O)OC)cc2)cc1. The second-order valence-electron chi connectivity index (χ2n) is 8.43. The first kappa shape index (κ1) is 26.0. The zero-order chi connectivity index (χ0) is 24.4. The molecule has 6 heteroatoms. The van der Waals surface area contributed by atoms with Gasteiger partial charge in [0.2, 0.25) is 0 Å². The second kappa shape index (κ2) is 12.1. The normalized spacial score (nSPS) is 13.3. The van der Waals surface area contributed by atoms with Gasteiger partial charge in [-0.3, -0.25) is 0 Å². The molecule has 0 aliphatic heterocycles. The standard InChI is InChI=1S/C27H34O6/c1-7-19(2)32-23-12-8-21(9-13-23)27(4,5)22-10-14-24(15-11-22)33-20(3)18-31-26(29)17-16-25(28)30-6/h8-17,19-20H,7,18H2,1-6H3/b17-16+. The molecule has 0 aliphatic carbocycles. The van der Waals surface area contributed by atoms with Crippen LogP contribution in [0.2, 0.25) is 0 Å². The topological polar surface area (TPSA) is 71.1 Å². The lowest BCUT2D eigenvalue weighted by Gasteiger charge is -2.27. The van der Waals surface area contributed by atoms with Crippen molar-refractivity contribution < 1.29 is 28.5 Å². The van der Waals surface area contributed by atoms with Gasteiger partial charge in [0.05, 0.1) is 13.2 Å². The molecule has 0 heterocycles. The third-order valence-electron chi connectivity index (χ3n) is 5.42. The lowest BCUT2D eigenvalue weighted by atomic mass is 9.78. The van der Waals surface area contributed by atoms with E-state index in [1.54, 1.807) is 6.92 Å². The summed E-state index contributed by atoms with van der Waals surface area (Å²) in [7, 11) is 1.24. The van der Waals surface area contributed by atoms with Crippen molar-refractivity contribution in [1.82, 2.24) is 0 Å². The van der Waals surface area contributed by atoms with Crippen molar-refractivity contribution in [2.45, 2.75) is 58.7 Å². The number of esters is 2. The summed E-state index contributed by atoms with van der Waals surface area (Å²) in [5.74, 6) is 0.312. The van der Waals surface area contributed by atoms with Gasteiger partial charge in [0, 0.05) is 17.6 Å². The molecule has 0 aromatic heterocycles. The molecule has 0 aliphatic rings. The molecule has 33 heavy (non-hydrogen) atoms. The summed E-state index contributed by atoms with van der Waals surface area (Å²) >= 11 is 0. The zero-order valence-corrected chi connectivity index (χ0v) is 20.3. The van der Waals surface area contributed by atoms with E-state index in [1.807, 2.05) is 36.4 Å². The van der Waals surface area contributed by atoms with Gasteiger partial charge in [0.15, 0.2) is 0 Å². The summed E-state index contributed by atoms with van der Waals surface area (Å²) in [6, 6.07) is 16.1. The number of hydrogen-bond donors (Lipinski definition) is 0. The Morgan fingerprint density at radius 3 is 1.73 bits per heavy atom. The first-order chi connectivity index (χ1) is 15.6. The predicted octanol–water partition coefficient (Wildman–Crippen LogP) is 5.23. The number of ether oxygens (including phenoxy) is 4. The summed E-state index contributed by atoms with van der Waals surface area (Å²) in [6.45, 7) is 10.4. The number of carbonyl (C=O) groups excluding carboxylic acids is 2. The van der Waals surface area contributed by atoms with Crippen molar-refractivity contribution >= 4 is 11.9 Å².